The summed E-state index contributed by atoms with van der Waals surface area (Å²) >= 11 is 0. The zero-order valence-corrected chi connectivity index (χ0v) is 15.5. The van der Waals surface area contributed by atoms with E-state index < -0.39 is 10.1 Å². The second-order valence-corrected chi connectivity index (χ2v) is 8.55. The molecule has 5 heteroatoms. The van der Waals surface area contributed by atoms with Crippen LogP contribution in [-0.4, -0.2) is 30.5 Å². The SMILES string of the molecule is Cc1ccc(S(=O)(=O)O)cc1CC1CC(C)N(Cc2ccccc2)C1. The van der Waals surface area contributed by atoms with Crippen molar-refractivity contribution in [2.75, 3.05) is 6.54 Å². The number of benzene rings is 2. The molecular weight excluding hydrogens is 334 g/mol. The van der Waals surface area contributed by atoms with E-state index in [0.717, 1.165) is 37.1 Å². The summed E-state index contributed by atoms with van der Waals surface area (Å²) in [6.07, 6.45) is 1.94. The van der Waals surface area contributed by atoms with Gasteiger partial charge in [0.2, 0.25) is 0 Å². The molecule has 0 amide bonds. The number of aryl methyl sites for hydroxylation is 1. The van der Waals surface area contributed by atoms with Crippen LogP contribution in [0.2, 0.25) is 0 Å². The van der Waals surface area contributed by atoms with E-state index in [1.165, 1.54) is 11.6 Å². The first-order valence-electron chi connectivity index (χ1n) is 8.68. The fourth-order valence-corrected chi connectivity index (χ4v) is 4.27. The number of likely N-dealkylation sites (tertiary alicyclic amines) is 1. The fraction of sp³-hybridized carbons (Fsp3) is 0.400. The highest BCUT2D eigenvalue weighted by Crippen LogP contribution is 2.29. The summed E-state index contributed by atoms with van der Waals surface area (Å²) in [5, 5.41) is 0. The highest BCUT2D eigenvalue weighted by atomic mass is 32.2. The molecule has 25 heavy (non-hydrogen) atoms. The summed E-state index contributed by atoms with van der Waals surface area (Å²) in [7, 11) is -4.15. The van der Waals surface area contributed by atoms with Crippen molar-refractivity contribution >= 4 is 10.1 Å². The summed E-state index contributed by atoms with van der Waals surface area (Å²) in [5.41, 5.74) is 3.40. The van der Waals surface area contributed by atoms with Crippen LogP contribution in [-0.2, 0) is 23.1 Å². The van der Waals surface area contributed by atoms with E-state index in [1.54, 1.807) is 12.1 Å². The standard InChI is InChI=1S/C20H25NO3S/c1-15-8-9-20(25(22,23)24)12-19(15)11-18-10-16(2)21(14-18)13-17-6-4-3-5-7-17/h3-9,12,16,18H,10-11,13-14H2,1-2H3,(H,22,23,24). The highest BCUT2D eigenvalue weighted by molar-refractivity contribution is 7.85. The zero-order valence-electron chi connectivity index (χ0n) is 14.7. The number of hydrogen-bond donors (Lipinski definition) is 1. The molecule has 1 N–H and O–H groups in total. The number of nitrogens with zero attached hydrogens (tertiary/aromatic N) is 1. The summed E-state index contributed by atoms with van der Waals surface area (Å²) in [4.78, 5) is 2.47. The Morgan fingerprint density at radius 3 is 2.56 bits per heavy atom. The van der Waals surface area contributed by atoms with Gasteiger partial charge in [0.25, 0.3) is 10.1 Å². The molecule has 2 unspecified atom stereocenters. The third-order valence-electron chi connectivity index (χ3n) is 5.15. The van der Waals surface area contributed by atoms with Crippen LogP contribution in [0.15, 0.2) is 53.4 Å². The lowest BCUT2D eigenvalue weighted by Gasteiger charge is -2.21. The molecule has 4 nitrogen and oxygen atoms in total. The summed E-state index contributed by atoms with van der Waals surface area (Å²) in [6, 6.07) is 15.8. The average Bonchev–Trinajstić information content (AvgIpc) is 2.89. The minimum Gasteiger partial charge on any atom is -0.296 e. The topological polar surface area (TPSA) is 57.6 Å². The van der Waals surface area contributed by atoms with Crippen molar-refractivity contribution in [1.82, 2.24) is 4.90 Å². The smallest absolute Gasteiger partial charge is 0.294 e. The highest BCUT2D eigenvalue weighted by Gasteiger charge is 2.29. The third kappa shape index (κ3) is 4.48. The summed E-state index contributed by atoms with van der Waals surface area (Å²) in [5.74, 6) is 0.494. The van der Waals surface area contributed by atoms with Gasteiger partial charge in [0.1, 0.15) is 0 Å². The number of hydrogen-bond acceptors (Lipinski definition) is 3. The van der Waals surface area contributed by atoms with Gasteiger partial charge in [-0.2, -0.15) is 8.42 Å². The van der Waals surface area contributed by atoms with Crippen LogP contribution in [0.1, 0.15) is 30.0 Å². The molecule has 2 aromatic carbocycles. The predicted molar refractivity (Wildman–Crippen MR) is 99.1 cm³/mol. The molecule has 0 bridgehead atoms. The van der Waals surface area contributed by atoms with Gasteiger partial charge in [-0.1, -0.05) is 36.4 Å². The van der Waals surface area contributed by atoms with Crippen LogP contribution >= 0.6 is 0 Å². The van der Waals surface area contributed by atoms with Gasteiger partial charge in [-0.25, -0.2) is 0 Å². The van der Waals surface area contributed by atoms with Gasteiger partial charge in [-0.3, -0.25) is 9.45 Å². The second-order valence-electron chi connectivity index (χ2n) is 7.13. The largest absolute Gasteiger partial charge is 0.296 e. The normalized spacial score (nSPS) is 21.6. The van der Waals surface area contributed by atoms with Gasteiger partial charge in [0.15, 0.2) is 0 Å². The van der Waals surface area contributed by atoms with Crippen molar-refractivity contribution < 1.29 is 13.0 Å². The van der Waals surface area contributed by atoms with Crippen molar-refractivity contribution in [1.29, 1.82) is 0 Å². The molecule has 134 valence electrons. The van der Waals surface area contributed by atoms with E-state index in [9.17, 15) is 13.0 Å². The van der Waals surface area contributed by atoms with E-state index in [0.29, 0.717) is 12.0 Å². The Hall–Kier alpha value is -1.69. The quantitative estimate of drug-likeness (QED) is 0.827. The van der Waals surface area contributed by atoms with Crippen molar-refractivity contribution in [2.24, 2.45) is 5.92 Å². The molecule has 1 aliphatic rings. The Morgan fingerprint density at radius 1 is 1.16 bits per heavy atom. The van der Waals surface area contributed by atoms with Crippen molar-refractivity contribution in [3.63, 3.8) is 0 Å². The molecule has 1 fully saturated rings. The minimum atomic E-state index is -4.15. The Bertz CT molecular complexity index is 833. The number of rotatable bonds is 5. The molecule has 0 aromatic heterocycles. The molecule has 3 rings (SSSR count). The average molecular weight is 359 g/mol. The van der Waals surface area contributed by atoms with Gasteiger partial charge >= 0.3 is 0 Å². The van der Waals surface area contributed by atoms with Gasteiger partial charge in [-0.05, 0) is 61.4 Å². The molecule has 1 heterocycles. The predicted octanol–water partition coefficient (Wildman–Crippen LogP) is 3.69. The van der Waals surface area contributed by atoms with E-state index in [2.05, 4.69) is 36.1 Å². The maximum Gasteiger partial charge on any atom is 0.294 e. The maximum absolute atomic E-state index is 11.4. The van der Waals surface area contributed by atoms with Crippen LogP contribution in [0.4, 0.5) is 0 Å². The van der Waals surface area contributed by atoms with Crippen LogP contribution in [0, 0.1) is 12.8 Å². The third-order valence-corrected chi connectivity index (χ3v) is 6.00. The first-order valence-corrected chi connectivity index (χ1v) is 10.1. The first-order chi connectivity index (χ1) is 11.8. The summed E-state index contributed by atoms with van der Waals surface area (Å²) in [6.45, 7) is 6.20. The van der Waals surface area contributed by atoms with E-state index in [1.807, 2.05) is 13.0 Å². The maximum atomic E-state index is 11.4. The molecule has 2 aromatic rings. The zero-order chi connectivity index (χ0) is 18.0. The van der Waals surface area contributed by atoms with Crippen LogP contribution < -0.4 is 0 Å². The van der Waals surface area contributed by atoms with Crippen molar-refractivity contribution in [2.45, 2.75) is 44.2 Å². The monoisotopic (exact) mass is 359 g/mol. The van der Waals surface area contributed by atoms with Gasteiger partial charge in [-0.15, -0.1) is 0 Å². The molecule has 0 aliphatic carbocycles. The van der Waals surface area contributed by atoms with E-state index in [4.69, 9.17) is 0 Å². The van der Waals surface area contributed by atoms with Crippen LogP contribution in [0.25, 0.3) is 0 Å². The fourth-order valence-electron chi connectivity index (χ4n) is 3.74. The Balaban J connectivity index is 1.70. The van der Waals surface area contributed by atoms with E-state index >= 15 is 0 Å². The molecule has 0 saturated carbocycles. The van der Waals surface area contributed by atoms with Crippen LogP contribution in [0.5, 0.6) is 0 Å². The second kappa shape index (κ2) is 7.28. The van der Waals surface area contributed by atoms with Crippen molar-refractivity contribution in [3.8, 4) is 0 Å². The van der Waals surface area contributed by atoms with Crippen molar-refractivity contribution in [3.05, 3.63) is 65.2 Å². The first kappa shape index (κ1) is 18.1. The Morgan fingerprint density at radius 2 is 1.88 bits per heavy atom. The van der Waals surface area contributed by atoms with Gasteiger partial charge in [0.05, 0.1) is 4.90 Å². The van der Waals surface area contributed by atoms with E-state index in [-0.39, 0.29) is 4.90 Å². The Kier molecular flexibility index (Phi) is 5.27. The lowest BCUT2D eigenvalue weighted by molar-refractivity contribution is 0.255. The lowest BCUT2D eigenvalue weighted by Crippen LogP contribution is -2.26. The van der Waals surface area contributed by atoms with Crippen LogP contribution in [0.3, 0.4) is 0 Å². The van der Waals surface area contributed by atoms with Gasteiger partial charge in [0, 0.05) is 19.1 Å². The molecule has 1 saturated heterocycles. The Labute approximate surface area is 150 Å². The summed E-state index contributed by atoms with van der Waals surface area (Å²) < 4.78 is 32.1. The molecule has 0 spiro atoms. The molecule has 0 radical (unpaired) electrons. The molecule has 1 aliphatic heterocycles. The lowest BCUT2D eigenvalue weighted by atomic mass is 9.94. The molecular formula is C20H25NO3S. The van der Waals surface area contributed by atoms with Gasteiger partial charge < -0.3 is 0 Å². The minimum absolute atomic E-state index is 0.0136. The molecule has 2 atom stereocenters.